The van der Waals surface area contributed by atoms with Crippen LogP contribution in [0.4, 0.5) is 0 Å². The van der Waals surface area contributed by atoms with Gasteiger partial charge >= 0.3 is 0 Å². The number of rotatable bonds is 2. The summed E-state index contributed by atoms with van der Waals surface area (Å²) in [5.74, 6) is 0.410. The number of aromatic nitrogens is 1. The first kappa shape index (κ1) is 15.6. The van der Waals surface area contributed by atoms with E-state index >= 15 is 0 Å². The normalized spacial score (nSPS) is 27.1. The number of hydrogen-bond donors (Lipinski definition) is 0. The Kier molecular flexibility index (Phi) is 3.24. The molecule has 134 valence electrons. The van der Waals surface area contributed by atoms with Gasteiger partial charge < -0.3 is 19.1 Å². The largest absolute Gasteiger partial charge is 0.360 e. The molecule has 7 heteroatoms. The van der Waals surface area contributed by atoms with Gasteiger partial charge in [0.1, 0.15) is 17.0 Å². The molecule has 2 atom stereocenters. The fourth-order valence-corrected chi connectivity index (χ4v) is 4.60. The molecule has 2 aromatic rings. The van der Waals surface area contributed by atoms with Gasteiger partial charge in [-0.25, -0.2) is 0 Å². The van der Waals surface area contributed by atoms with Gasteiger partial charge in [0, 0.05) is 25.1 Å². The van der Waals surface area contributed by atoms with Gasteiger partial charge in [-0.15, -0.1) is 0 Å². The molecule has 0 unspecified atom stereocenters. The maximum atomic E-state index is 13.4. The maximum Gasteiger partial charge on any atom is 0.260 e. The number of hydrogen-bond acceptors (Lipinski definition) is 5. The Hall–Kier alpha value is -2.67. The van der Waals surface area contributed by atoms with E-state index in [0.717, 1.165) is 5.56 Å². The van der Waals surface area contributed by atoms with Gasteiger partial charge in [-0.2, -0.15) is 0 Å². The van der Waals surface area contributed by atoms with Crippen LogP contribution in [-0.4, -0.2) is 58.2 Å². The Morgan fingerprint density at radius 1 is 1.27 bits per heavy atom. The van der Waals surface area contributed by atoms with Crippen LogP contribution in [0, 0.1) is 6.92 Å². The van der Waals surface area contributed by atoms with E-state index in [0.29, 0.717) is 49.6 Å². The molecule has 0 radical (unpaired) electrons. The summed E-state index contributed by atoms with van der Waals surface area (Å²) in [6.07, 6.45) is 0.969. The molecule has 5 rings (SSSR count). The lowest BCUT2D eigenvalue weighted by molar-refractivity contribution is -0.136. The highest BCUT2D eigenvalue weighted by atomic mass is 16.5. The number of benzene rings is 1. The lowest BCUT2D eigenvalue weighted by Crippen LogP contribution is -2.48. The average Bonchev–Trinajstić information content (AvgIpc) is 3.37. The zero-order chi connectivity index (χ0) is 17.9. The predicted octanol–water partition coefficient (Wildman–Crippen LogP) is 1.82. The molecular formula is C19H19N3O4. The van der Waals surface area contributed by atoms with Crippen LogP contribution in [0.2, 0.25) is 0 Å². The first-order valence-corrected chi connectivity index (χ1v) is 8.89. The van der Waals surface area contributed by atoms with Gasteiger partial charge in [0.2, 0.25) is 5.91 Å². The molecule has 1 spiro atoms. The number of carbonyl (C=O) groups is 2. The summed E-state index contributed by atoms with van der Waals surface area (Å²) in [7, 11) is 0. The van der Waals surface area contributed by atoms with Crippen molar-refractivity contribution in [3.63, 3.8) is 0 Å². The minimum atomic E-state index is -0.634. The van der Waals surface area contributed by atoms with Crippen LogP contribution >= 0.6 is 0 Å². The van der Waals surface area contributed by atoms with Gasteiger partial charge in [-0.05, 0) is 6.92 Å². The van der Waals surface area contributed by atoms with Crippen LogP contribution in [0.1, 0.15) is 29.0 Å². The van der Waals surface area contributed by atoms with E-state index in [1.807, 2.05) is 35.2 Å². The van der Waals surface area contributed by atoms with E-state index in [1.54, 1.807) is 11.8 Å². The summed E-state index contributed by atoms with van der Waals surface area (Å²) >= 11 is 0. The predicted molar refractivity (Wildman–Crippen MR) is 91.1 cm³/mol. The third-order valence-corrected chi connectivity index (χ3v) is 5.79. The highest BCUT2D eigenvalue weighted by Crippen LogP contribution is 2.46. The first-order chi connectivity index (χ1) is 12.6. The molecule has 2 amide bonds. The van der Waals surface area contributed by atoms with Crippen molar-refractivity contribution in [3.8, 4) is 11.3 Å². The molecule has 1 aromatic carbocycles. The van der Waals surface area contributed by atoms with Crippen molar-refractivity contribution >= 4 is 11.8 Å². The maximum absolute atomic E-state index is 13.4. The number of carbonyl (C=O) groups excluding carboxylic acids is 2. The molecule has 3 fully saturated rings. The molecule has 0 N–H and O–H groups in total. The summed E-state index contributed by atoms with van der Waals surface area (Å²) in [5, 5.41) is 4.11. The Morgan fingerprint density at radius 2 is 2.08 bits per heavy atom. The third-order valence-electron chi connectivity index (χ3n) is 5.79. The minimum absolute atomic E-state index is 0.0651. The molecule has 0 bridgehead atoms. The summed E-state index contributed by atoms with van der Waals surface area (Å²) in [6.45, 7) is 3.45. The second-order valence-electron chi connectivity index (χ2n) is 7.04. The number of amides is 2. The van der Waals surface area contributed by atoms with Gasteiger partial charge in [0.25, 0.3) is 5.91 Å². The molecule has 7 nitrogen and oxygen atoms in total. The van der Waals surface area contributed by atoms with Crippen LogP contribution in [0.3, 0.4) is 0 Å². The van der Waals surface area contributed by atoms with Gasteiger partial charge in [0.15, 0.2) is 5.72 Å². The topological polar surface area (TPSA) is 75.9 Å². The van der Waals surface area contributed by atoms with Crippen molar-refractivity contribution in [1.82, 2.24) is 15.0 Å². The number of ether oxygens (including phenoxy) is 1. The molecule has 0 saturated carbocycles. The molecule has 0 aliphatic carbocycles. The van der Waals surface area contributed by atoms with E-state index < -0.39 is 5.72 Å². The summed E-state index contributed by atoms with van der Waals surface area (Å²) in [6, 6.07) is 9.28. The van der Waals surface area contributed by atoms with Crippen molar-refractivity contribution in [2.45, 2.75) is 31.5 Å². The van der Waals surface area contributed by atoms with E-state index in [1.165, 1.54) is 0 Å². The van der Waals surface area contributed by atoms with Crippen molar-refractivity contribution < 1.29 is 18.8 Å². The van der Waals surface area contributed by atoms with Crippen molar-refractivity contribution in [2.75, 3.05) is 19.7 Å². The van der Waals surface area contributed by atoms with Crippen LogP contribution in [-0.2, 0) is 9.53 Å². The highest BCUT2D eigenvalue weighted by Gasteiger charge is 2.63. The molecule has 3 aliphatic rings. The Bertz CT molecular complexity index is 893. The van der Waals surface area contributed by atoms with E-state index in [-0.39, 0.29) is 17.9 Å². The molecule has 1 aromatic heterocycles. The summed E-state index contributed by atoms with van der Waals surface area (Å²) in [5.41, 5.74) is 1.22. The number of nitrogens with zero attached hydrogens (tertiary/aromatic N) is 3. The first-order valence-electron chi connectivity index (χ1n) is 8.89. The third kappa shape index (κ3) is 1.94. The van der Waals surface area contributed by atoms with Crippen LogP contribution in [0.15, 0.2) is 34.9 Å². The lowest BCUT2D eigenvalue weighted by atomic mass is 10.0. The lowest BCUT2D eigenvalue weighted by Gasteiger charge is -2.31. The number of likely N-dealkylation sites (tertiary alicyclic amines) is 1. The number of aryl methyl sites for hydroxylation is 1. The summed E-state index contributed by atoms with van der Waals surface area (Å²) < 4.78 is 11.3. The SMILES string of the molecule is Cc1onc(-c2ccccc2)c1C(=O)N1CC[C@@]23OCCN2C(=O)C[C@@H]13. The van der Waals surface area contributed by atoms with Crippen molar-refractivity contribution in [1.29, 1.82) is 0 Å². The standard InChI is InChI=1S/C19H19N3O4/c1-12-16(17(20-26-12)13-5-3-2-4-6-13)18(24)21-8-7-19-14(21)11-15(23)22(19)9-10-25-19/h2-6,14H,7-11H2,1H3/t14-,19+/m1/s1. The molecule has 3 aliphatic heterocycles. The van der Waals surface area contributed by atoms with E-state index in [4.69, 9.17) is 9.26 Å². The van der Waals surface area contributed by atoms with Crippen LogP contribution in [0.5, 0.6) is 0 Å². The van der Waals surface area contributed by atoms with E-state index in [2.05, 4.69) is 5.16 Å². The average molecular weight is 353 g/mol. The fraction of sp³-hybridized carbons (Fsp3) is 0.421. The van der Waals surface area contributed by atoms with Gasteiger partial charge in [-0.3, -0.25) is 9.59 Å². The second kappa shape index (κ2) is 5.41. The van der Waals surface area contributed by atoms with Crippen LogP contribution in [0.25, 0.3) is 11.3 Å². The quantitative estimate of drug-likeness (QED) is 0.823. The Morgan fingerprint density at radius 3 is 2.88 bits per heavy atom. The van der Waals surface area contributed by atoms with Crippen LogP contribution < -0.4 is 0 Å². The second-order valence-corrected chi connectivity index (χ2v) is 7.04. The fourth-order valence-electron chi connectivity index (χ4n) is 4.60. The molecule has 3 saturated heterocycles. The smallest absolute Gasteiger partial charge is 0.260 e. The zero-order valence-corrected chi connectivity index (χ0v) is 14.5. The highest BCUT2D eigenvalue weighted by molar-refractivity contribution is 6.01. The van der Waals surface area contributed by atoms with Gasteiger partial charge in [0.05, 0.1) is 19.1 Å². The van der Waals surface area contributed by atoms with Gasteiger partial charge in [-0.1, -0.05) is 35.5 Å². The Balaban J connectivity index is 1.53. The zero-order valence-electron chi connectivity index (χ0n) is 14.5. The minimum Gasteiger partial charge on any atom is -0.360 e. The Labute approximate surface area is 150 Å². The van der Waals surface area contributed by atoms with Crippen molar-refractivity contribution in [2.24, 2.45) is 0 Å². The molecular weight excluding hydrogens is 334 g/mol. The summed E-state index contributed by atoms with van der Waals surface area (Å²) in [4.78, 5) is 29.3. The molecule has 26 heavy (non-hydrogen) atoms. The van der Waals surface area contributed by atoms with E-state index in [9.17, 15) is 9.59 Å². The van der Waals surface area contributed by atoms with Crippen molar-refractivity contribution in [3.05, 3.63) is 41.7 Å². The molecule has 4 heterocycles. The monoisotopic (exact) mass is 353 g/mol.